The Morgan fingerprint density at radius 3 is 2.43 bits per heavy atom. The molecule has 5 rings (SSSR count). The van der Waals surface area contributed by atoms with Crippen LogP contribution in [0.2, 0.25) is 19.6 Å². The Hall–Kier alpha value is -2.56. The Balaban J connectivity index is 1.79. The summed E-state index contributed by atoms with van der Waals surface area (Å²) in [6.07, 6.45) is 1.72. The minimum absolute atomic E-state index is 0.453. The zero-order valence-corrected chi connectivity index (χ0v) is 20.0. The predicted molar refractivity (Wildman–Crippen MR) is 135 cm³/mol. The van der Waals surface area contributed by atoms with Crippen molar-refractivity contribution in [3.63, 3.8) is 0 Å². The lowest BCUT2D eigenvalue weighted by molar-refractivity contribution is 0.876. The second kappa shape index (κ2) is 7.00. The van der Waals surface area contributed by atoms with Crippen molar-refractivity contribution >= 4 is 55.7 Å². The Morgan fingerprint density at radius 2 is 1.67 bits per heavy atom. The van der Waals surface area contributed by atoms with E-state index in [-0.39, 0.29) is 0 Å². The molecule has 0 unspecified atom stereocenters. The van der Waals surface area contributed by atoms with Gasteiger partial charge in [-0.05, 0) is 40.5 Å². The molecule has 0 saturated carbocycles. The molecule has 150 valence electrons. The summed E-state index contributed by atoms with van der Waals surface area (Å²) < 4.78 is 2.50. The van der Waals surface area contributed by atoms with Crippen LogP contribution in [0.15, 0.2) is 60.9 Å². The summed E-state index contributed by atoms with van der Waals surface area (Å²) in [5.74, 6) is 0.453. The van der Waals surface area contributed by atoms with E-state index in [9.17, 15) is 0 Å². The molecule has 30 heavy (non-hydrogen) atoms. The molecule has 3 aromatic carbocycles. The molecule has 0 bridgehead atoms. The van der Waals surface area contributed by atoms with E-state index in [0.29, 0.717) is 5.92 Å². The van der Waals surface area contributed by atoms with Gasteiger partial charge in [0.25, 0.3) is 0 Å². The van der Waals surface area contributed by atoms with Crippen LogP contribution in [0.4, 0.5) is 0 Å². The molecule has 0 radical (unpaired) electrons. The van der Waals surface area contributed by atoms with Crippen LogP contribution in [-0.2, 0) is 0 Å². The monoisotopic (exact) mass is 426 g/mol. The van der Waals surface area contributed by atoms with E-state index >= 15 is 0 Å². The Kier molecular flexibility index (Phi) is 4.53. The van der Waals surface area contributed by atoms with Crippen LogP contribution in [0.3, 0.4) is 0 Å². The summed E-state index contributed by atoms with van der Waals surface area (Å²) in [6.45, 7) is 11.7. The number of hydrogen-bond acceptors (Lipinski definition) is 3. The smallest absolute Gasteiger partial charge is 0.116 e. The Bertz CT molecular complexity index is 1410. The van der Waals surface area contributed by atoms with Gasteiger partial charge in [0.05, 0.1) is 24.0 Å². The second-order valence-corrected chi connectivity index (χ2v) is 15.5. The zero-order chi connectivity index (χ0) is 21.0. The molecule has 2 aromatic heterocycles. The van der Waals surface area contributed by atoms with Gasteiger partial charge >= 0.3 is 0 Å². The van der Waals surface area contributed by atoms with E-state index in [1.807, 2.05) is 11.3 Å². The molecule has 0 N–H and O–H groups in total. The van der Waals surface area contributed by atoms with Gasteiger partial charge in [0.2, 0.25) is 0 Å². The van der Waals surface area contributed by atoms with Crippen LogP contribution in [0.5, 0.6) is 0 Å². The van der Waals surface area contributed by atoms with Crippen LogP contribution >= 0.6 is 11.3 Å². The van der Waals surface area contributed by atoms with Gasteiger partial charge < -0.3 is 0 Å². The summed E-state index contributed by atoms with van der Waals surface area (Å²) in [5, 5.41) is 5.33. The Morgan fingerprint density at radius 1 is 0.867 bits per heavy atom. The van der Waals surface area contributed by atoms with E-state index in [0.717, 1.165) is 11.2 Å². The molecule has 5 aromatic rings. The predicted octanol–water partition coefficient (Wildman–Crippen LogP) is 7.33. The number of rotatable bonds is 3. The van der Waals surface area contributed by atoms with Crippen molar-refractivity contribution in [2.75, 3.05) is 0 Å². The molecule has 0 amide bonds. The third-order valence-electron chi connectivity index (χ3n) is 5.91. The lowest BCUT2D eigenvalue weighted by Crippen LogP contribution is -2.37. The standard InChI is InChI=1S/C26H26N2SSi/c1-16(2)22-13-18(12-17-8-6-7-9-20(17)22)24-26-25(28-15-27-24)21-11-10-19(30(3,4)5)14-23(21)29-26/h6-16H,1-5H3. The maximum atomic E-state index is 4.76. The SMILES string of the molecule is CC(C)c1cc(-c2ncnc3c2sc2cc([Si](C)(C)C)ccc23)cc2ccccc12. The van der Waals surface area contributed by atoms with Crippen molar-refractivity contribution in [3.8, 4) is 11.3 Å². The fourth-order valence-electron chi connectivity index (χ4n) is 4.20. The fraction of sp³-hybridized carbons (Fsp3) is 0.231. The number of thiophene rings is 1. The first-order valence-corrected chi connectivity index (χ1v) is 14.9. The molecule has 2 nitrogen and oxygen atoms in total. The largest absolute Gasteiger partial charge is 0.235 e. The van der Waals surface area contributed by atoms with Crippen molar-refractivity contribution < 1.29 is 0 Å². The van der Waals surface area contributed by atoms with Crippen LogP contribution in [0.1, 0.15) is 25.3 Å². The van der Waals surface area contributed by atoms with Gasteiger partial charge in [0.1, 0.15) is 6.33 Å². The van der Waals surface area contributed by atoms with Crippen LogP contribution in [0.25, 0.3) is 42.3 Å². The topological polar surface area (TPSA) is 25.8 Å². The van der Waals surface area contributed by atoms with Crippen LogP contribution in [0, 0.1) is 0 Å². The molecule has 0 fully saturated rings. The number of fused-ring (bicyclic) bond motifs is 4. The molecular formula is C26H26N2SSi. The highest BCUT2D eigenvalue weighted by Crippen LogP contribution is 2.39. The third kappa shape index (κ3) is 3.15. The third-order valence-corrected chi connectivity index (χ3v) is 9.10. The Labute approximate surface area is 182 Å². The van der Waals surface area contributed by atoms with E-state index in [1.165, 1.54) is 41.9 Å². The van der Waals surface area contributed by atoms with Gasteiger partial charge in [0, 0.05) is 15.6 Å². The first kappa shape index (κ1) is 19.4. The summed E-state index contributed by atoms with van der Waals surface area (Å²) in [6, 6.07) is 20.2. The quantitative estimate of drug-likeness (QED) is 0.282. The minimum Gasteiger partial charge on any atom is -0.235 e. The second-order valence-electron chi connectivity index (χ2n) is 9.40. The first-order valence-electron chi connectivity index (χ1n) is 10.5. The summed E-state index contributed by atoms with van der Waals surface area (Å²) in [5.41, 5.74) is 4.67. The summed E-state index contributed by atoms with van der Waals surface area (Å²) in [7, 11) is -1.36. The maximum Gasteiger partial charge on any atom is 0.116 e. The van der Waals surface area contributed by atoms with Gasteiger partial charge in [-0.25, -0.2) is 9.97 Å². The van der Waals surface area contributed by atoms with Gasteiger partial charge in [-0.3, -0.25) is 0 Å². The van der Waals surface area contributed by atoms with E-state index in [4.69, 9.17) is 4.98 Å². The summed E-state index contributed by atoms with van der Waals surface area (Å²) in [4.78, 5) is 9.44. The molecule has 0 aliphatic heterocycles. The molecule has 0 aliphatic carbocycles. The number of hydrogen-bond donors (Lipinski definition) is 0. The van der Waals surface area contributed by atoms with Crippen molar-refractivity contribution in [2.24, 2.45) is 0 Å². The lowest BCUT2D eigenvalue weighted by Gasteiger charge is -2.16. The van der Waals surface area contributed by atoms with Gasteiger partial charge in [-0.15, -0.1) is 11.3 Å². The molecular weight excluding hydrogens is 400 g/mol. The first-order chi connectivity index (χ1) is 14.3. The highest BCUT2D eigenvalue weighted by molar-refractivity contribution is 7.26. The number of nitrogens with zero attached hydrogens (tertiary/aromatic N) is 2. The molecule has 0 saturated heterocycles. The maximum absolute atomic E-state index is 4.76. The van der Waals surface area contributed by atoms with Crippen molar-refractivity contribution in [3.05, 3.63) is 66.5 Å². The highest BCUT2D eigenvalue weighted by atomic mass is 32.1. The molecule has 2 heterocycles. The molecule has 0 atom stereocenters. The molecule has 0 spiro atoms. The van der Waals surface area contributed by atoms with Crippen LogP contribution in [-0.4, -0.2) is 18.0 Å². The van der Waals surface area contributed by atoms with Crippen molar-refractivity contribution in [2.45, 2.75) is 39.4 Å². The molecule has 4 heteroatoms. The van der Waals surface area contributed by atoms with Gasteiger partial charge in [-0.2, -0.15) is 0 Å². The van der Waals surface area contributed by atoms with Crippen LogP contribution < -0.4 is 5.19 Å². The van der Waals surface area contributed by atoms with Gasteiger partial charge in [-0.1, -0.05) is 75.1 Å². The van der Waals surface area contributed by atoms with E-state index < -0.39 is 8.07 Å². The van der Waals surface area contributed by atoms with Gasteiger partial charge in [0.15, 0.2) is 0 Å². The molecule has 0 aliphatic rings. The average Bonchev–Trinajstić information content (AvgIpc) is 3.10. The van der Waals surface area contributed by atoms with E-state index in [2.05, 4.69) is 93.1 Å². The number of aromatic nitrogens is 2. The fourth-order valence-corrected chi connectivity index (χ4v) is 6.67. The van der Waals surface area contributed by atoms with Crippen molar-refractivity contribution in [1.82, 2.24) is 9.97 Å². The lowest BCUT2D eigenvalue weighted by atomic mass is 9.92. The van der Waals surface area contributed by atoms with Crippen molar-refractivity contribution in [1.29, 1.82) is 0 Å². The van der Waals surface area contributed by atoms with E-state index in [1.54, 1.807) is 6.33 Å². The highest BCUT2D eigenvalue weighted by Gasteiger charge is 2.19. The number of benzene rings is 3. The summed E-state index contributed by atoms with van der Waals surface area (Å²) >= 11 is 1.83. The average molecular weight is 427 g/mol. The zero-order valence-electron chi connectivity index (χ0n) is 18.2. The minimum atomic E-state index is -1.36. The normalized spacial score (nSPS) is 12.5.